The number of ether oxygens (including phenoxy) is 3. The third kappa shape index (κ3) is 25.7. The summed E-state index contributed by atoms with van der Waals surface area (Å²) in [5.41, 5.74) is 10.7. The van der Waals surface area contributed by atoms with Crippen molar-refractivity contribution < 1.29 is 175 Å². The number of aliphatic imine (C=N–C) groups is 1. The van der Waals surface area contributed by atoms with Crippen molar-refractivity contribution in [3.63, 3.8) is 0 Å². The fourth-order valence-corrected chi connectivity index (χ4v) is 16.5. The molecule has 15 atom stereocenters. The quantitative estimate of drug-likeness (QED) is 0.0396. The molecule has 58 heteroatoms. The molecule has 4 aliphatic rings. The van der Waals surface area contributed by atoms with Crippen molar-refractivity contribution in [3.05, 3.63) is 62.9 Å². The van der Waals surface area contributed by atoms with E-state index in [4.69, 9.17) is 94.2 Å². The standard InChI is InChI=1S/C10H16F2N3O11P3.C9H13F2N2O11P3S2.C9H15FN3O11P3S/c1-5-14-9(13)8(12)3-15(5)10-7(11)2-6(24-10)4-23-28(19,20)26-29(21,22)25-27(16,17)18;10-5-1-4(22-8(5)13-2-6(11)7(28)12-9(13)29)3-21-26(17,18)24-27(19,20)23-25(14,15)16;10-6-3-5(22-8(6)13-2-1-7(11)12-9(13)28)4-21-26(17,18)24-27(19,20)23-25(14,15)16/h3,6-7,10H,1-2,4H2,(H2,13,14)(H,19,20)(H,21,22)(H2,16,17,18);2,4-5,8H,1,3H2,(H,17,18)(H,19,20)(H,12,28,29)(H2,14,15,16);1-2,5-6,8H,3-4H2,(H,17,18)(H,19,20)(H2,11,12,28)(H2,14,15,16)/t6-,7?,10+;4-,5?,8+;5-,6?,8+/m000/s1. The lowest BCUT2D eigenvalue weighted by Crippen LogP contribution is -2.38. The number of nitrogens with one attached hydrogen (secondary N) is 1. The van der Waals surface area contributed by atoms with Gasteiger partial charge in [-0.15, -0.1) is 0 Å². The van der Waals surface area contributed by atoms with E-state index in [1.807, 2.05) is 0 Å². The predicted molar refractivity (Wildman–Crippen MR) is 274 cm³/mol. The van der Waals surface area contributed by atoms with Gasteiger partial charge in [0.1, 0.15) is 34.8 Å². The minimum Gasteiger partial charge on any atom is -0.384 e. The van der Waals surface area contributed by atoms with Crippen LogP contribution in [0.1, 0.15) is 31.7 Å². The first-order valence-electron chi connectivity index (χ1n) is 21.6. The third-order valence-electron chi connectivity index (χ3n) is 9.55. The molecule has 0 bridgehead atoms. The van der Waals surface area contributed by atoms with E-state index in [1.54, 1.807) is 0 Å². The predicted octanol–water partition coefficient (Wildman–Crippen LogP) is 4.28. The largest absolute Gasteiger partial charge is 0.490 e. The van der Waals surface area contributed by atoms with E-state index in [9.17, 15) is 77.7 Å². The van der Waals surface area contributed by atoms with Gasteiger partial charge in [0.05, 0.1) is 38.1 Å². The molecule has 3 fully saturated rings. The van der Waals surface area contributed by atoms with Crippen LogP contribution in [0.25, 0.3) is 0 Å². The second-order valence-corrected chi connectivity index (χ2v) is 30.8. The van der Waals surface area contributed by atoms with Gasteiger partial charge >= 0.3 is 70.4 Å². The number of alkyl halides is 3. The number of rotatable bonds is 24. The van der Waals surface area contributed by atoms with E-state index in [0.717, 1.165) is 21.9 Å². The Morgan fingerprint density at radius 3 is 1.33 bits per heavy atom. The minimum absolute atomic E-state index is 0.0683. The van der Waals surface area contributed by atoms with Crippen LogP contribution >= 0.6 is 107 Å². The number of aromatic nitrogens is 4. The highest BCUT2D eigenvalue weighted by Crippen LogP contribution is 2.68. The minimum atomic E-state index is -5.68. The van der Waals surface area contributed by atoms with E-state index in [0.29, 0.717) is 0 Å². The summed E-state index contributed by atoms with van der Waals surface area (Å²) in [5.74, 6) is -2.36. The second-order valence-electron chi connectivity index (χ2n) is 16.3. The van der Waals surface area contributed by atoms with Crippen LogP contribution in [0.2, 0.25) is 0 Å². The molecule has 492 valence electrons. The average molecular weight is 1490 g/mol. The van der Waals surface area contributed by atoms with Crippen LogP contribution in [0.15, 0.2) is 47.9 Å². The lowest BCUT2D eigenvalue weighted by molar-refractivity contribution is -0.0550. The van der Waals surface area contributed by atoms with Crippen molar-refractivity contribution in [3.8, 4) is 0 Å². The fraction of sp³-hybridized carbons (Fsp3) is 0.536. The van der Waals surface area contributed by atoms with Crippen molar-refractivity contribution in [2.75, 3.05) is 25.6 Å². The van der Waals surface area contributed by atoms with Gasteiger partial charge in [-0.25, -0.2) is 73.0 Å². The van der Waals surface area contributed by atoms with Crippen molar-refractivity contribution >= 4 is 119 Å². The average Bonchev–Trinajstić information content (AvgIpc) is 2.10. The first-order chi connectivity index (χ1) is 38.8. The Kier molecular flexibility index (Phi) is 26.6. The summed E-state index contributed by atoms with van der Waals surface area (Å²) in [6, 6.07) is 1.35. The number of hydrogen-bond donors (Lipinski definition) is 15. The maximum Gasteiger partial charge on any atom is 0.490 e. The number of phosphoric acid groups is 9. The first-order valence-corrected chi connectivity index (χ1v) is 36.4. The molecule has 0 aromatic carbocycles. The number of nitrogens with zero attached hydrogens (tertiary/aromatic N) is 5. The number of nitrogens with two attached hydrogens (primary N) is 2. The van der Waals surface area contributed by atoms with Crippen LogP contribution in [0, 0.1) is 20.0 Å². The van der Waals surface area contributed by atoms with Crippen molar-refractivity contribution in [1.82, 2.24) is 24.0 Å². The highest BCUT2D eigenvalue weighted by Gasteiger charge is 2.47. The van der Waals surface area contributed by atoms with Gasteiger partial charge in [0.25, 0.3) is 0 Å². The first kappa shape index (κ1) is 76.6. The summed E-state index contributed by atoms with van der Waals surface area (Å²) in [4.78, 5) is 116. The number of anilines is 1. The zero-order chi connectivity index (χ0) is 65.7. The molecule has 0 radical (unpaired) electrons. The smallest absolute Gasteiger partial charge is 0.384 e. The third-order valence-corrected chi connectivity index (χ3v) is 21.9. The summed E-state index contributed by atoms with van der Waals surface area (Å²) in [6.07, 6.45) is -10.8. The molecule has 0 spiro atoms. The zero-order valence-corrected chi connectivity index (χ0v) is 51.9. The maximum atomic E-state index is 14.2. The molecule has 6 heterocycles. The molecule has 17 N–H and O–H groups in total. The highest BCUT2D eigenvalue weighted by atomic mass is 32.1. The molecule has 2 aromatic rings. The van der Waals surface area contributed by atoms with E-state index in [2.05, 4.69) is 73.2 Å². The lowest BCUT2D eigenvalue weighted by Gasteiger charge is -2.30. The molecule has 0 saturated carbocycles. The summed E-state index contributed by atoms with van der Waals surface area (Å²) in [7, 11) is -49.6. The van der Waals surface area contributed by atoms with Gasteiger partial charge in [0.2, 0.25) is 4.77 Å². The number of amidine groups is 1. The van der Waals surface area contributed by atoms with Crippen LogP contribution in [0.3, 0.4) is 0 Å². The molecule has 4 aliphatic heterocycles. The van der Waals surface area contributed by atoms with Gasteiger partial charge in [-0.2, -0.15) is 25.9 Å². The zero-order valence-electron chi connectivity index (χ0n) is 41.4. The molecule has 86 heavy (non-hydrogen) atoms. The normalized spacial score (nSPS) is 27.9. The molecular weight excluding hydrogens is 1450 g/mol. The summed E-state index contributed by atoms with van der Waals surface area (Å²) in [6.45, 7) is 1.00. The van der Waals surface area contributed by atoms with Gasteiger partial charge in [-0.05, 0) is 30.5 Å². The fourth-order valence-electron chi connectivity index (χ4n) is 6.60. The number of halogens is 5. The van der Waals surface area contributed by atoms with Crippen LogP contribution in [0.4, 0.5) is 27.8 Å². The number of aromatic amines is 1. The lowest BCUT2D eigenvalue weighted by atomic mass is 10.2. The Hall–Kier alpha value is -1.87. The van der Waals surface area contributed by atoms with Gasteiger partial charge in [-0.3, -0.25) is 22.7 Å². The Labute approximate surface area is 490 Å². The summed E-state index contributed by atoms with van der Waals surface area (Å²) >= 11 is 14.5. The Balaban J connectivity index is 0.000000276. The van der Waals surface area contributed by atoms with Crippen LogP contribution in [-0.4, -0.2) is 151 Å². The van der Waals surface area contributed by atoms with Gasteiger partial charge in [0, 0.05) is 37.9 Å². The number of hydrogen-bond acceptors (Lipinski definition) is 29. The SMILES string of the molecule is C=C1N=C(N)C(F)=CN1[C@@H]1O[C@H](COP(=O)(O)OP(=O)(O)OP(=O)(O)O)CC1F.Nc1ccn([C@@H]2O[C@H](COP(=O)(O)OP(=O)(O)OP(=O)(O)O)CC2F)c(=S)n1.O=P(O)(O)OP(=O)(O)OP(=O)(O)OC[C@@H]1CC(F)[C@H](n2cc(F)c(=S)[nH]c2=S)O1. The molecule has 6 rings (SSSR count). The van der Waals surface area contributed by atoms with Gasteiger partial charge < -0.3 is 94.3 Å². The van der Waals surface area contributed by atoms with Crippen molar-refractivity contribution in [1.29, 1.82) is 0 Å². The monoisotopic (exact) mass is 1490 g/mol. The van der Waals surface area contributed by atoms with E-state index >= 15 is 0 Å². The molecule has 41 nitrogen and oxygen atoms in total. The van der Waals surface area contributed by atoms with E-state index < -0.39 is 176 Å². The van der Waals surface area contributed by atoms with Crippen LogP contribution < -0.4 is 11.5 Å². The maximum absolute atomic E-state index is 14.2. The molecule has 9 unspecified atom stereocenters. The Morgan fingerprint density at radius 2 is 0.953 bits per heavy atom. The molecular formula is C28H44F5N8O33P9S3. The van der Waals surface area contributed by atoms with E-state index in [-0.39, 0.29) is 32.2 Å². The second kappa shape index (κ2) is 29.8. The van der Waals surface area contributed by atoms with Crippen molar-refractivity contribution in [2.45, 2.75) is 74.8 Å². The Morgan fingerprint density at radius 1 is 0.593 bits per heavy atom. The molecule has 2 aromatic heterocycles. The van der Waals surface area contributed by atoms with Gasteiger partial charge in [0.15, 0.2) is 40.9 Å². The molecule has 0 amide bonds. The van der Waals surface area contributed by atoms with Crippen molar-refractivity contribution in [2.24, 2.45) is 10.7 Å². The van der Waals surface area contributed by atoms with E-state index in [1.165, 1.54) is 16.8 Å². The highest BCUT2D eigenvalue weighted by molar-refractivity contribution is 7.72. The molecule has 0 aliphatic carbocycles. The topological polar surface area (TPSA) is 613 Å². The number of phosphoric ester groups is 3. The molecule has 3 saturated heterocycles. The van der Waals surface area contributed by atoms with Crippen LogP contribution in [0.5, 0.6) is 0 Å². The Bertz CT molecular complexity index is 3540. The van der Waals surface area contributed by atoms with Gasteiger partial charge in [-0.1, -0.05) is 18.8 Å². The number of H-pyrrole nitrogens is 1. The number of nitrogen functional groups attached to an aromatic ring is 1. The summed E-state index contributed by atoms with van der Waals surface area (Å²) in [5, 5.41) is 0. The van der Waals surface area contributed by atoms with Crippen LogP contribution in [-0.2, 0) is 94.7 Å². The summed E-state index contributed by atoms with van der Waals surface area (Å²) < 4.78 is 222.